The quantitative estimate of drug-likeness (QED) is 0.0512. The molecule has 0 N–H and O–H groups in total. The van der Waals surface area contributed by atoms with Crippen molar-refractivity contribution in [3.63, 3.8) is 0 Å². The number of hydrogen-bond donors (Lipinski definition) is 0. The Hall–Kier alpha value is -1.62. The summed E-state index contributed by atoms with van der Waals surface area (Å²) >= 11 is 18.1. The number of fused-ring (bicyclic) bond motifs is 1. The molecule has 1 aromatic carbocycles. The van der Waals surface area contributed by atoms with E-state index in [-0.39, 0.29) is 18.0 Å². The van der Waals surface area contributed by atoms with Crippen LogP contribution in [0.5, 0.6) is 0 Å². The predicted molar refractivity (Wildman–Crippen MR) is 164 cm³/mol. The van der Waals surface area contributed by atoms with Gasteiger partial charge in [-0.2, -0.15) is 8.42 Å². The van der Waals surface area contributed by atoms with Gasteiger partial charge >= 0.3 is 22.2 Å². The number of ether oxygens (including phenoxy) is 3. The first kappa shape index (κ1) is 34.9. The largest absolute Gasteiger partial charge is 0.509 e. The number of β-lactam (4-membered cyclic amide) rings is 1. The van der Waals surface area contributed by atoms with Crippen molar-refractivity contribution in [2.75, 3.05) is 19.4 Å². The molecule has 18 heteroatoms. The van der Waals surface area contributed by atoms with Crippen LogP contribution in [0.4, 0.5) is 4.79 Å². The Balaban J connectivity index is 1.70. The average Bonchev–Trinajstić information content (AvgIpc) is 3.27. The molecular formula is C24H27Cl3N2O9S4. The molecule has 1 aromatic heterocycles. The van der Waals surface area contributed by atoms with Crippen LogP contribution in [-0.2, 0) is 38.1 Å². The Bertz CT molecular complexity index is 1500. The van der Waals surface area contributed by atoms with E-state index in [1.54, 1.807) is 27.7 Å². The van der Waals surface area contributed by atoms with Crippen molar-refractivity contribution >= 4 is 106 Å². The van der Waals surface area contributed by atoms with E-state index >= 15 is 0 Å². The Morgan fingerprint density at radius 2 is 1.90 bits per heavy atom. The molecule has 0 bridgehead atoms. The number of aromatic nitrogens is 1. The molecule has 1 aliphatic heterocycles. The van der Waals surface area contributed by atoms with E-state index in [9.17, 15) is 22.8 Å². The van der Waals surface area contributed by atoms with Crippen LogP contribution in [0.25, 0.3) is 10.2 Å². The zero-order valence-electron chi connectivity index (χ0n) is 23.1. The van der Waals surface area contributed by atoms with E-state index < -0.39 is 55.5 Å². The lowest BCUT2D eigenvalue weighted by Gasteiger charge is -2.39. The summed E-state index contributed by atoms with van der Waals surface area (Å²) in [6, 6.07) is 5.53. The number of carbonyl (C=O) groups excluding carboxylic acids is 3. The highest BCUT2D eigenvalue weighted by molar-refractivity contribution is 8.77. The first-order chi connectivity index (χ1) is 19.2. The molecule has 3 rings (SSSR count). The van der Waals surface area contributed by atoms with Crippen molar-refractivity contribution in [3.05, 3.63) is 34.7 Å². The van der Waals surface area contributed by atoms with Crippen molar-refractivity contribution in [2.24, 2.45) is 0 Å². The summed E-state index contributed by atoms with van der Waals surface area (Å²) in [6.07, 6.45) is -0.914. The Morgan fingerprint density at radius 1 is 1.24 bits per heavy atom. The minimum Gasteiger partial charge on any atom is -0.455 e. The third-order valence-electron chi connectivity index (χ3n) is 4.99. The maximum absolute atomic E-state index is 13.1. The van der Waals surface area contributed by atoms with Gasteiger partial charge in [0.25, 0.3) is 0 Å². The number of allylic oxidation sites excluding steroid dienone is 1. The Kier molecular flexibility index (Phi) is 11.3. The van der Waals surface area contributed by atoms with Crippen molar-refractivity contribution < 1.29 is 41.2 Å². The Morgan fingerprint density at radius 3 is 2.48 bits per heavy atom. The van der Waals surface area contributed by atoms with Crippen LogP contribution < -0.4 is 0 Å². The number of halogens is 3. The maximum Gasteiger partial charge on any atom is 0.509 e. The van der Waals surface area contributed by atoms with Crippen molar-refractivity contribution in [3.8, 4) is 0 Å². The van der Waals surface area contributed by atoms with Gasteiger partial charge in [0.05, 0.1) is 16.5 Å². The van der Waals surface area contributed by atoms with Crippen LogP contribution in [0, 0.1) is 0 Å². The molecule has 0 unspecified atom stereocenters. The lowest BCUT2D eigenvalue weighted by Crippen LogP contribution is -2.55. The van der Waals surface area contributed by atoms with E-state index in [1.165, 1.54) is 39.8 Å². The molecule has 1 saturated heterocycles. The number of carbonyl (C=O) groups is 3. The van der Waals surface area contributed by atoms with E-state index in [1.807, 2.05) is 18.2 Å². The average molecular weight is 722 g/mol. The zero-order valence-corrected chi connectivity index (χ0v) is 28.7. The normalized spacial score (nSPS) is 17.3. The molecule has 0 radical (unpaired) electrons. The summed E-state index contributed by atoms with van der Waals surface area (Å²) in [4.78, 5) is 44.4. The maximum atomic E-state index is 13.1. The molecule has 42 heavy (non-hydrogen) atoms. The Labute approximate surface area is 270 Å². The zero-order chi connectivity index (χ0) is 31.6. The first-order valence-corrected chi connectivity index (χ1v) is 18.0. The third kappa shape index (κ3) is 9.96. The van der Waals surface area contributed by atoms with Crippen molar-refractivity contribution in [1.29, 1.82) is 0 Å². The second-order valence-corrected chi connectivity index (χ2v) is 17.5. The fraction of sp³-hybridized carbons (Fsp3) is 0.500. The van der Waals surface area contributed by atoms with Gasteiger partial charge in [-0.25, -0.2) is 14.6 Å². The summed E-state index contributed by atoms with van der Waals surface area (Å²) in [7, 11) is -1.37. The van der Waals surface area contributed by atoms with Gasteiger partial charge in [0.1, 0.15) is 28.2 Å². The fourth-order valence-electron chi connectivity index (χ4n) is 3.37. The highest BCUT2D eigenvalue weighted by Crippen LogP contribution is 2.44. The highest BCUT2D eigenvalue weighted by Gasteiger charge is 2.44. The number of alkyl halides is 3. The number of rotatable bonds is 10. The van der Waals surface area contributed by atoms with Crippen LogP contribution >= 0.6 is 67.7 Å². The first-order valence-electron chi connectivity index (χ1n) is 12.0. The monoisotopic (exact) mass is 720 g/mol. The fourth-order valence-corrected chi connectivity index (χ4v) is 7.60. The molecule has 1 amide bonds. The minimum atomic E-state index is -3.95. The van der Waals surface area contributed by atoms with Gasteiger partial charge in [-0.05, 0) is 46.8 Å². The van der Waals surface area contributed by atoms with Gasteiger partial charge in [-0.1, -0.05) is 62.5 Å². The molecule has 0 aliphatic carbocycles. The molecule has 2 aromatic rings. The molecule has 0 saturated carbocycles. The molecule has 11 nitrogen and oxygen atoms in total. The van der Waals surface area contributed by atoms with E-state index in [0.717, 1.165) is 20.8 Å². The smallest absolute Gasteiger partial charge is 0.455 e. The number of thiazole rings is 1. The molecule has 1 aliphatic rings. The number of likely N-dealkylation sites (tertiary alicyclic amines) is 1. The number of nitrogens with zero attached hydrogens (tertiary/aromatic N) is 2. The van der Waals surface area contributed by atoms with Crippen molar-refractivity contribution in [2.45, 2.75) is 60.3 Å². The molecule has 2 atom stereocenters. The van der Waals surface area contributed by atoms with Gasteiger partial charge in [-0.3, -0.25) is 4.79 Å². The van der Waals surface area contributed by atoms with Gasteiger partial charge in [0.2, 0.25) is 9.70 Å². The standard InChI is InChI=1S/C24H27Cl3N2O9S4/c1-12(38-42(6,33)34)18(21(31)37-23(3,4)5)29-10-16(20(29)30)41-40-15-9-7-8-14-17(15)28-19(39-14)13(2)36-22(32)35-11-24(25,26)27/h7-9,13,16H,10-11H2,1-6H3/t13-,16+/m1/s1. The molecule has 2 heterocycles. The lowest BCUT2D eigenvalue weighted by molar-refractivity contribution is -0.156. The number of esters is 1. The van der Waals surface area contributed by atoms with Gasteiger partial charge in [0.15, 0.2) is 11.8 Å². The highest BCUT2D eigenvalue weighted by atomic mass is 35.6. The topological polar surface area (TPSA) is 138 Å². The minimum absolute atomic E-state index is 0.120. The predicted octanol–water partition coefficient (Wildman–Crippen LogP) is 6.38. The molecule has 232 valence electrons. The molecule has 1 fully saturated rings. The van der Waals surface area contributed by atoms with Gasteiger partial charge in [0, 0.05) is 11.4 Å². The van der Waals surface area contributed by atoms with Crippen LogP contribution in [0.3, 0.4) is 0 Å². The van der Waals surface area contributed by atoms with Gasteiger partial charge < -0.3 is 23.3 Å². The third-order valence-corrected chi connectivity index (χ3v) is 9.76. The van der Waals surface area contributed by atoms with Gasteiger partial charge in [-0.15, -0.1) is 11.3 Å². The molecular weight excluding hydrogens is 695 g/mol. The second-order valence-electron chi connectivity index (χ2n) is 9.88. The second kappa shape index (κ2) is 13.6. The van der Waals surface area contributed by atoms with Crippen LogP contribution in [0.1, 0.15) is 45.7 Å². The van der Waals surface area contributed by atoms with E-state index in [2.05, 4.69) is 4.98 Å². The lowest BCUT2D eigenvalue weighted by atomic mass is 10.1. The number of amides is 1. The number of hydrogen-bond acceptors (Lipinski definition) is 13. The number of para-hydroxylation sites is 1. The number of benzene rings is 1. The van der Waals surface area contributed by atoms with Crippen LogP contribution in [0.15, 0.2) is 34.6 Å². The van der Waals surface area contributed by atoms with E-state index in [4.69, 9.17) is 53.2 Å². The van der Waals surface area contributed by atoms with Crippen LogP contribution in [0.2, 0.25) is 0 Å². The van der Waals surface area contributed by atoms with E-state index in [0.29, 0.717) is 10.5 Å². The summed E-state index contributed by atoms with van der Waals surface area (Å²) in [6.45, 7) is 7.51. The molecule has 0 spiro atoms. The van der Waals surface area contributed by atoms with Crippen molar-refractivity contribution in [1.82, 2.24) is 9.88 Å². The summed E-state index contributed by atoms with van der Waals surface area (Å²) < 4.78 is 42.8. The summed E-state index contributed by atoms with van der Waals surface area (Å²) in [5, 5.41) is -0.0324. The summed E-state index contributed by atoms with van der Waals surface area (Å²) in [5.41, 5.74) is -0.505. The van der Waals surface area contributed by atoms with Crippen LogP contribution in [-0.4, -0.2) is 70.4 Å². The summed E-state index contributed by atoms with van der Waals surface area (Å²) in [5.74, 6) is -1.55. The SMILES string of the molecule is CC(OS(C)(=O)=O)=C(C(=O)OC(C)(C)C)N1C[C@H](SSc2cccc3sc([C@@H](C)OC(=O)OCC(Cl)(Cl)Cl)nc23)C1=O.